The lowest BCUT2D eigenvalue weighted by Crippen LogP contribution is -2.52. The molecule has 0 bridgehead atoms. The van der Waals surface area contributed by atoms with Gasteiger partial charge in [0, 0.05) is 29.1 Å². The van der Waals surface area contributed by atoms with Gasteiger partial charge in [-0.25, -0.2) is 13.2 Å². The minimum Gasteiger partial charge on any atom is -0.336 e. The van der Waals surface area contributed by atoms with Gasteiger partial charge in [0.25, 0.3) is 0 Å². The molecule has 0 radical (unpaired) electrons. The average molecular weight is 373 g/mol. The van der Waals surface area contributed by atoms with Gasteiger partial charge >= 0.3 is 0 Å². The molecule has 0 N–H and O–H groups in total. The molecule has 1 saturated heterocycles. The van der Waals surface area contributed by atoms with E-state index in [0.29, 0.717) is 16.6 Å². The summed E-state index contributed by atoms with van der Waals surface area (Å²) < 4.78 is 42.8. The van der Waals surface area contributed by atoms with Gasteiger partial charge in [0.1, 0.15) is 24.4 Å². The number of carbonyl (C=O) groups is 1. The molecular formula is C20H18F3N3O. The Labute approximate surface area is 154 Å². The number of nitrogens with zero attached hydrogens (tertiary/aromatic N) is 3. The molecular weight excluding hydrogens is 355 g/mol. The highest BCUT2D eigenvalue weighted by Gasteiger charge is 2.30. The first-order chi connectivity index (χ1) is 12.8. The van der Waals surface area contributed by atoms with E-state index < -0.39 is 17.8 Å². The fourth-order valence-corrected chi connectivity index (χ4v) is 3.38. The van der Waals surface area contributed by atoms with Gasteiger partial charge in [0.05, 0.1) is 24.1 Å². The zero-order valence-corrected chi connectivity index (χ0v) is 15.0. The van der Waals surface area contributed by atoms with Gasteiger partial charge in [0.15, 0.2) is 0 Å². The molecule has 3 aromatic rings. The molecule has 4 rings (SSSR count). The van der Waals surface area contributed by atoms with Gasteiger partial charge < -0.3 is 9.47 Å². The number of halogens is 3. The number of aryl methyl sites for hydroxylation is 1. The molecule has 2 aromatic heterocycles. The summed E-state index contributed by atoms with van der Waals surface area (Å²) in [5, 5.41) is 0. The monoisotopic (exact) mass is 373 g/mol. The zero-order valence-electron chi connectivity index (χ0n) is 15.0. The highest BCUT2D eigenvalue weighted by atomic mass is 19.1. The summed E-state index contributed by atoms with van der Waals surface area (Å²) in [5.74, 6) is -1.40. The Morgan fingerprint density at radius 3 is 2.70 bits per heavy atom. The first-order valence-corrected chi connectivity index (χ1v) is 8.67. The molecule has 0 saturated carbocycles. The van der Waals surface area contributed by atoms with E-state index in [9.17, 15) is 18.0 Å². The molecule has 1 fully saturated rings. The van der Waals surface area contributed by atoms with Crippen molar-refractivity contribution in [2.45, 2.75) is 26.6 Å². The SMILES string of the molecule is Cc1c(F)ccc(-c2cnc3c(C)cn(CC(=O)N4CC(F)C4)c3c2)c1F. The molecule has 27 heavy (non-hydrogen) atoms. The Balaban J connectivity index is 1.73. The molecule has 1 aliphatic heterocycles. The summed E-state index contributed by atoms with van der Waals surface area (Å²) in [7, 11) is 0. The lowest BCUT2D eigenvalue weighted by Gasteiger charge is -2.34. The summed E-state index contributed by atoms with van der Waals surface area (Å²) in [6, 6.07) is 4.35. The number of amides is 1. The summed E-state index contributed by atoms with van der Waals surface area (Å²) in [5.41, 5.74) is 2.97. The molecule has 0 unspecified atom stereocenters. The number of carbonyl (C=O) groups excluding carboxylic acids is 1. The molecule has 140 valence electrons. The van der Waals surface area contributed by atoms with Gasteiger partial charge in [-0.2, -0.15) is 0 Å². The van der Waals surface area contributed by atoms with Crippen molar-refractivity contribution in [3.8, 4) is 11.1 Å². The lowest BCUT2D eigenvalue weighted by molar-refractivity contribution is -0.138. The van der Waals surface area contributed by atoms with Crippen LogP contribution in [0.2, 0.25) is 0 Å². The zero-order chi connectivity index (χ0) is 19.3. The molecule has 4 nitrogen and oxygen atoms in total. The number of benzene rings is 1. The maximum Gasteiger partial charge on any atom is 0.242 e. The Hall–Kier alpha value is -2.83. The van der Waals surface area contributed by atoms with Crippen LogP contribution in [0.3, 0.4) is 0 Å². The summed E-state index contributed by atoms with van der Waals surface area (Å²) in [6.07, 6.45) is 2.40. The van der Waals surface area contributed by atoms with Crippen molar-refractivity contribution >= 4 is 16.9 Å². The van der Waals surface area contributed by atoms with Gasteiger partial charge in [-0.15, -0.1) is 0 Å². The minimum atomic E-state index is -0.949. The van der Waals surface area contributed by atoms with Crippen molar-refractivity contribution < 1.29 is 18.0 Å². The fraction of sp³-hybridized carbons (Fsp3) is 0.300. The van der Waals surface area contributed by atoms with Crippen LogP contribution in [0, 0.1) is 25.5 Å². The van der Waals surface area contributed by atoms with E-state index in [0.717, 1.165) is 5.56 Å². The van der Waals surface area contributed by atoms with E-state index >= 15 is 0 Å². The van der Waals surface area contributed by atoms with E-state index in [2.05, 4.69) is 4.98 Å². The highest BCUT2D eigenvalue weighted by Crippen LogP contribution is 2.29. The smallest absolute Gasteiger partial charge is 0.242 e. The van der Waals surface area contributed by atoms with Crippen LogP contribution in [0.15, 0.2) is 30.6 Å². The number of pyridine rings is 1. The van der Waals surface area contributed by atoms with Crippen molar-refractivity contribution in [1.29, 1.82) is 0 Å². The van der Waals surface area contributed by atoms with Crippen molar-refractivity contribution in [2.75, 3.05) is 13.1 Å². The molecule has 1 amide bonds. The van der Waals surface area contributed by atoms with Crippen molar-refractivity contribution in [2.24, 2.45) is 0 Å². The second-order valence-electron chi connectivity index (χ2n) is 6.96. The predicted octanol–water partition coefficient (Wildman–Crippen LogP) is 3.78. The van der Waals surface area contributed by atoms with E-state index in [-0.39, 0.29) is 36.7 Å². The Bertz CT molecular complexity index is 1050. The van der Waals surface area contributed by atoms with E-state index in [1.165, 1.54) is 24.0 Å². The topological polar surface area (TPSA) is 38.1 Å². The Kier molecular flexibility index (Phi) is 4.17. The summed E-state index contributed by atoms with van der Waals surface area (Å²) >= 11 is 0. The average Bonchev–Trinajstić information content (AvgIpc) is 2.92. The van der Waals surface area contributed by atoms with Crippen LogP contribution in [0.5, 0.6) is 0 Å². The fourth-order valence-electron chi connectivity index (χ4n) is 3.38. The van der Waals surface area contributed by atoms with Gasteiger partial charge in [-0.1, -0.05) is 0 Å². The molecule has 0 spiro atoms. The second kappa shape index (κ2) is 6.40. The first kappa shape index (κ1) is 17.6. The van der Waals surface area contributed by atoms with Gasteiger partial charge in [0.2, 0.25) is 5.91 Å². The maximum absolute atomic E-state index is 14.5. The summed E-state index contributed by atoms with van der Waals surface area (Å²) in [4.78, 5) is 18.2. The van der Waals surface area contributed by atoms with Gasteiger partial charge in [-0.3, -0.25) is 9.78 Å². The van der Waals surface area contributed by atoms with Crippen LogP contribution < -0.4 is 0 Å². The first-order valence-electron chi connectivity index (χ1n) is 8.67. The van der Waals surface area contributed by atoms with E-state index in [4.69, 9.17) is 0 Å². The van der Waals surface area contributed by atoms with Crippen LogP contribution in [0.25, 0.3) is 22.2 Å². The van der Waals surface area contributed by atoms with Gasteiger partial charge in [-0.05, 0) is 37.6 Å². The van der Waals surface area contributed by atoms with Crippen LogP contribution in [-0.2, 0) is 11.3 Å². The molecule has 7 heteroatoms. The number of likely N-dealkylation sites (tertiary alicyclic amines) is 1. The number of rotatable bonds is 3. The van der Waals surface area contributed by atoms with E-state index in [1.54, 1.807) is 23.0 Å². The lowest BCUT2D eigenvalue weighted by atomic mass is 10.0. The van der Waals surface area contributed by atoms with Crippen LogP contribution in [0.1, 0.15) is 11.1 Å². The number of fused-ring (bicyclic) bond motifs is 1. The standard InChI is InChI=1S/C20H18F3N3O/c1-11-7-25(10-18(27)26-8-14(21)9-26)17-5-13(6-24-20(11)17)15-3-4-16(22)12(2)19(15)23/h3-7,14H,8-10H2,1-2H3. The van der Waals surface area contributed by atoms with Crippen molar-refractivity contribution in [1.82, 2.24) is 14.5 Å². The van der Waals surface area contributed by atoms with Crippen LogP contribution in [-0.4, -0.2) is 39.6 Å². The highest BCUT2D eigenvalue weighted by molar-refractivity contribution is 5.86. The second-order valence-corrected chi connectivity index (χ2v) is 6.96. The van der Waals surface area contributed by atoms with Crippen molar-refractivity contribution in [3.63, 3.8) is 0 Å². The maximum atomic E-state index is 14.5. The van der Waals surface area contributed by atoms with Crippen molar-refractivity contribution in [3.05, 3.63) is 53.4 Å². The number of aromatic nitrogens is 2. The number of hydrogen-bond donors (Lipinski definition) is 0. The molecule has 0 atom stereocenters. The van der Waals surface area contributed by atoms with E-state index in [1.807, 2.05) is 6.92 Å². The summed E-state index contributed by atoms with van der Waals surface area (Å²) in [6.45, 7) is 3.57. The largest absolute Gasteiger partial charge is 0.336 e. The molecule has 3 heterocycles. The predicted molar refractivity (Wildman–Crippen MR) is 96.0 cm³/mol. The number of alkyl halides is 1. The minimum absolute atomic E-state index is 0.0482. The van der Waals surface area contributed by atoms with Crippen LogP contribution in [0.4, 0.5) is 13.2 Å². The molecule has 1 aliphatic rings. The third-order valence-corrected chi connectivity index (χ3v) is 5.03. The Morgan fingerprint density at radius 1 is 1.26 bits per heavy atom. The third kappa shape index (κ3) is 2.97. The molecule has 1 aromatic carbocycles. The number of hydrogen-bond acceptors (Lipinski definition) is 2. The van der Waals surface area contributed by atoms with Crippen LogP contribution >= 0.6 is 0 Å². The quantitative estimate of drug-likeness (QED) is 0.701. The molecule has 0 aliphatic carbocycles. The third-order valence-electron chi connectivity index (χ3n) is 5.03. The normalized spacial score (nSPS) is 14.6. The Morgan fingerprint density at radius 2 is 2.00 bits per heavy atom.